The van der Waals surface area contributed by atoms with Crippen molar-refractivity contribution in [3.63, 3.8) is 0 Å². The van der Waals surface area contributed by atoms with Crippen LogP contribution in [-0.4, -0.2) is 42.2 Å². The summed E-state index contributed by atoms with van der Waals surface area (Å²) in [6.45, 7) is 2.09. The van der Waals surface area contributed by atoms with Crippen LogP contribution >= 0.6 is 11.3 Å². The molecule has 0 aliphatic carbocycles. The van der Waals surface area contributed by atoms with Crippen molar-refractivity contribution in [2.75, 3.05) is 26.2 Å². The van der Waals surface area contributed by atoms with Gasteiger partial charge in [-0.3, -0.25) is 9.69 Å². The maximum Gasteiger partial charge on any atom is 0.317 e. The molecule has 0 aromatic carbocycles. The number of carbonyl (C=O) groups is 1. The molecule has 0 amide bonds. The van der Waals surface area contributed by atoms with E-state index in [1.807, 2.05) is 22.4 Å². The van der Waals surface area contributed by atoms with E-state index < -0.39 is 5.97 Å². The average molecular weight is 227 g/mol. The number of hydrogen-bond donors (Lipinski definition) is 1. The summed E-state index contributed by atoms with van der Waals surface area (Å²) >= 11 is 1.65. The van der Waals surface area contributed by atoms with Crippen molar-refractivity contribution < 1.29 is 14.6 Å². The highest BCUT2D eigenvalue weighted by molar-refractivity contribution is 7.10. The van der Waals surface area contributed by atoms with Crippen molar-refractivity contribution in [2.45, 2.75) is 6.10 Å². The predicted molar refractivity (Wildman–Crippen MR) is 57.1 cm³/mol. The second kappa shape index (κ2) is 4.74. The van der Waals surface area contributed by atoms with Crippen LogP contribution in [-0.2, 0) is 9.53 Å². The van der Waals surface area contributed by atoms with Gasteiger partial charge < -0.3 is 9.84 Å². The second-order valence-electron chi connectivity index (χ2n) is 3.50. The van der Waals surface area contributed by atoms with Gasteiger partial charge in [0.2, 0.25) is 0 Å². The van der Waals surface area contributed by atoms with Crippen molar-refractivity contribution in [1.82, 2.24) is 4.90 Å². The first kappa shape index (κ1) is 10.6. The van der Waals surface area contributed by atoms with Crippen molar-refractivity contribution in [3.8, 4) is 0 Å². The lowest BCUT2D eigenvalue weighted by Crippen LogP contribution is -2.40. The molecular weight excluding hydrogens is 214 g/mol. The number of thiophene rings is 1. The molecule has 0 spiro atoms. The van der Waals surface area contributed by atoms with Gasteiger partial charge in [0, 0.05) is 18.0 Å². The van der Waals surface area contributed by atoms with Crippen molar-refractivity contribution in [2.24, 2.45) is 0 Å². The third-order valence-electron chi connectivity index (χ3n) is 2.37. The van der Waals surface area contributed by atoms with Crippen LogP contribution in [0, 0.1) is 0 Å². The topological polar surface area (TPSA) is 49.8 Å². The summed E-state index contributed by atoms with van der Waals surface area (Å²) in [5, 5.41) is 10.7. The summed E-state index contributed by atoms with van der Waals surface area (Å²) in [6, 6.07) is 4.01. The van der Waals surface area contributed by atoms with Gasteiger partial charge in [0.05, 0.1) is 13.2 Å². The minimum Gasteiger partial charge on any atom is -0.480 e. The smallest absolute Gasteiger partial charge is 0.317 e. The van der Waals surface area contributed by atoms with E-state index in [-0.39, 0.29) is 12.6 Å². The molecule has 0 bridgehead atoms. The normalized spacial score (nSPS) is 22.8. The van der Waals surface area contributed by atoms with E-state index in [0.717, 1.165) is 0 Å². The molecule has 1 N–H and O–H groups in total. The molecule has 4 nitrogen and oxygen atoms in total. The quantitative estimate of drug-likeness (QED) is 0.843. The SMILES string of the molecule is O=C(O)CN1CCOC(c2cccs2)C1. The highest BCUT2D eigenvalue weighted by Gasteiger charge is 2.23. The van der Waals surface area contributed by atoms with Crippen LogP contribution < -0.4 is 0 Å². The van der Waals surface area contributed by atoms with E-state index in [4.69, 9.17) is 9.84 Å². The molecule has 82 valence electrons. The molecule has 0 radical (unpaired) electrons. The van der Waals surface area contributed by atoms with Crippen LogP contribution in [0.5, 0.6) is 0 Å². The minimum absolute atomic E-state index is 0.0399. The molecule has 1 saturated heterocycles. The van der Waals surface area contributed by atoms with Gasteiger partial charge in [-0.25, -0.2) is 0 Å². The third-order valence-corrected chi connectivity index (χ3v) is 3.33. The number of rotatable bonds is 3. The Morgan fingerprint density at radius 3 is 3.27 bits per heavy atom. The Balaban J connectivity index is 1.95. The van der Waals surface area contributed by atoms with Gasteiger partial charge in [-0.15, -0.1) is 11.3 Å². The van der Waals surface area contributed by atoms with Crippen molar-refractivity contribution in [1.29, 1.82) is 0 Å². The summed E-state index contributed by atoms with van der Waals surface area (Å²) in [4.78, 5) is 13.7. The lowest BCUT2D eigenvalue weighted by atomic mass is 10.2. The number of hydrogen-bond acceptors (Lipinski definition) is 4. The van der Waals surface area contributed by atoms with Gasteiger partial charge >= 0.3 is 5.97 Å². The van der Waals surface area contributed by atoms with Crippen LogP contribution in [0.1, 0.15) is 11.0 Å². The molecule has 1 aliphatic rings. The van der Waals surface area contributed by atoms with E-state index in [0.29, 0.717) is 19.7 Å². The fourth-order valence-corrected chi connectivity index (χ4v) is 2.45. The van der Waals surface area contributed by atoms with Crippen LogP contribution in [0.4, 0.5) is 0 Å². The summed E-state index contributed by atoms with van der Waals surface area (Å²) in [7, 11) is 0. The number of carboxylic acids is 1. The first-order chi connectivity index (χ1) is 7.25. The Morgan fingerprint density at radius 1 is 1.73 bits per heavy atom. The fourth-order valence-electron chi connectivity index (χ4n) is 1.68. The highest BCUT2D eigenvalue weighted by Crippen LogP contribution is 2.25. The molecule has 2 rings (SSSR count). The van der Waals surface area contributed by atoms with E-state index in [2.05, 4.69) is 0 Å². The molecule has 1 atom stereocenters. The maximum absolute atomic E-state index is 10.6. The Labute approximate surface area is 92.1 Å². The van der Waals surface area contributed by atoms with Crippen LogP contribution in [0.3, 0.4) is 0 Å². The first-order valence-electron chi connectivity index (χ1n) is 4.85. The summed E-state index contributed by atoms with van der Waals surface area (Å²) < 4.78 is 5.61. The molecule has 1 fully saturated rings. The fraction of sp³-hybridized carbons (Fsp3) is 0.500. The molecule has 1 aliphatic heterocycles. The largest absolute Gasteiger partial charge is 0.480 e. The standard InChI is InChI=1S/C10H13NO3S/c12-10(13)7-11-3-4-14-8(6-11)9-2-1-5-15-9/h1-2,5,8H,3-4,6-7H2,(H,12,13). The number of aliphatic carboxylic acids is 1. The van der Waals surface area contributed by atoms with Crippen LogP contribution in [0.2, 0.25) is 0 Å². The molecule has 15 heavy (non-hydrogen) atoms. The zero-order valence-electron chi connectivity index (χ0n) is 8.26. The summed E-state index contributed by atoms with van der Waals surface area (Å²) in [6.07, 6.45) is 0.0399. The average Bonchev–Trinajstić information content (AvgIpc) is 2.69. The first-order valence-corrected chi connectivity index (χ1v) is 5.73. The Hall–Kier alpha value is -0.910. The molecule has 2 heterocycles. The van der Waals surface area contributed by atoms with Crippen LogP contribution in [0.25, 0.3) is 0 Å². The van der Waals surface area contributed by atoms with Gasteiger partial charge in [0.15, 0.2) is 0 Å². The predicted octanol–water partition coefficient (Wildman–Crippen LogP) is 1.21. The second-order valence-corrected chi connectivity index (χ2v) is 4.48. The summed E-state index contributed by atoms with van der Waals surface area (Å²) in [5.74, 6) is -0.776. The third kappa shape index (κ3) is 2.77. The molecule has 0 saturated carbocycles. The zero-order valence-corrected chi connectivity index (χ0v) is 9.07. The highest BCUT2D eigenvalue weighted by atomic mass is 32.1. The number of carboxylic acid groups (broad SMARTS) is 1. The van der Waals surface area contributed by atoms with Gasteiger partial charge in [-0.1, -0.05) is 6.07 Å². The summed E-state index contributed by atoms with van der Waals surface area (Å²) in [5.41, 5.74) is 0. The van der Waals surface area contributed by atoms with Crippen molar-refractivity contribution in [3.05, 3.63) is 22.4 Å². The maximum atomic E-state index is 10.6. The van der Waals surface area contributed by atoms with E-state index in [9.17, 15) is 4.79 Å². The Morgan fingerprint density at radius 2 is 2.60 bits per heavy atom. The lowest BCUT2D eigenvalue weighted by molar-refractivity contribution is -0.140. The Kier molecular flexibility index (Phi) is 3.35. The number of ether oxygens (including phenoxy) is 1. The van der Waals surface area contributed by atoms with Gasteiger partial charge in [0.1, 0.15) is 6.10 Å². The molecule has 5 heteroatoms. The molecular formula is C10H13NO3S. The number of nitrogens with zero attached hydrogens (tertiary/aromatic N) is 1. The van der Waals surface area contributed by atoms with Gasteiger partial charge in [0.25, 0.3) is 0 Å². The van der Waals surface area contributed by atoms with E-state index in [1.165, 1.54) is 4.88 Å². The van der Waals surface area contributed by atoms with Gasteiger partial charge in [-0.05, 0) is 11.4 Å². The van der Waals surface area contributed by atoms with E-state index >= 15 is 0 Å². The van der Waals surface area contributed by atoms with Gasteiger partial charge in [-0.2, -0.15) is 0 Å². The molecule has 1 aromatic rings. The molecule has 1 unspecified atom stereocenters. The minimum atomic E-state index is -0.776. The monoisotopic (exact) mass is 227 g/mol. The Bertz CT molecular complexity index is 325. The lowest BCUT2D eigenvalue weighted by Gasteiger charge is -2.31. The van der Waals surface area contributed by atoms with E-state index in [1.54, 1.807) is 11.3 Å². The molecule has 1 aromatic heterocycles. The number of morpholine rings is 1. The van der Waals surface area contributed by atoms with Crippen molar-refractivity contribution >= 4 is 17.3 Å². The zero-order chi connectivity index (χ0) is 10.7. The van der Waals surface area contributed by atoms with Crippen LogP contribution in [0.15, 0.2) is 17.5 Å².